The standard InChI is InChI=1S/C33H43NO4/c1-30-16-31(2)18-32(3,17-30)21-33(19-30,20-31)27(29(36)37)34-28(35)25-14-13-23-11-7-8-12-24(23)26(25)38-15-22-9-5-4-6-10-22/h7-8,11-14,22,27H,4-6,9-10,15-21H2,1-3H3,(H,34,35)(H,36,37)/t27-,30?,31?,32?,33?/m1/s1. The van der Waals surface area contributed by atoms with Crippen LogP contribution in [-0.2, 0) is 4.79 Å². The van der Waals surface area contributed by atoms with Crippen molar-refractivity contribution in [1.82, 2.24) is 5.32 Å². The van der Waals surface area contributed by atoms with Crippen molar-refractivity contribution in [2.75, 3.05) is 6.61 Å². The molecule has 5 heteroatoms. The van der Waals surface area contributed by atoms with Gasteiger partial charge in [-0.05, 0) is 85.0 Å². The van der Waals surface area contributed by atoms with E-state index in [-0.39, 0.29) is 22.2 Å². The Morgan fingerprint density at radius 3 is 2.11 bits per heavy atom. The van der Waals surface area contributed by atoms with Crippen LogP contribution in [0, 0.1) is 27.6 Å². The fourth-order valence-corrected chi connectivity index (χ4v) is 10.5. The number of fused-ring (bicyclic) bond motifs is 1. The van der Waals surface area contributed by atoms with Gasteiger partial charge in [0.15, 0.2) is 0 Å². The van der Waals surface area contributed by atoms with Crippen LogP contribution >= 0.6 is 0 Å². The number of amides is 1. The van der Waals surface area contributed by atoms with E-state index in [9.17, 15) is 14.7 Å². The van der Waals surface area contributed by atoms with Gasteiger partial charge in [0.05, 0.1) is 12.2 Å². The van der Waals surface area contributed by atoms with Gasteiger partial charge >= 0.3 is 5.97 Å². The van der Waals surface area contributed by atoms with Crippen LogP contribution in [0.5, 0.6) is 5.75 Å². The average molecular weight is 518 g/mol. The molecule has 5 aliphatic carbocycles. The van der Waals surface area contributed by atoms with Gasteiger partial charge in [0.1, 0.15) is 11.8 Å². The maximum atomic E-state index is 14.0. The van der Waals surface area contributed by atoms with Crippen molar-refractivity contribution in [3.05, 3.63) is 42.0 Å². The van der Waals surface area contributed by atoms with E-state index >= 15 is 0 Å². The number of hydrogen-bond acceptors (Lipinski definition) is 3. The molecule has 0 radical (unpaired) electrons. The molecule has 1 amide bonds. The van der Waals surface area contributed by atoms with Crippen LogP contribution < -0.4 is 10.1 Å². The Balaban J connectivity index is 1.32. The van der Waals surface area contributed by atoms with Crippen LogP contribution in [0.3, 0.4) is 0 Å². The largest absolute Gasteiger partial charge is 0.492 e. The predicted octanol–water partition coefficient (Wildman–Crippen LogP) is 7.37. The minimum Gasteiger partial charge on any atom is -0.492 e. The topological polar surface area (TPSA) is 75.6 Å². The van der Waals surface area contributed by atoms with E-state index in [0.29, 0.717) is 23.8 Å². The maximum absolute atomic E-state index is 14.0. The van der Waals surface area contributed by atoms with E-state index in [4.69, 9.17) is 4.74 Å². The van der Waals surface area contributed by atoms with E-state index < -0.39 is 17.4 Å². The lowest BCUT2D eigenvalue weighted by molar-refractivity contribution is -0.198. The zero-order chi connectivity index (χ0) is 26.8. The number of nitrogens with one attached hydrogen (secondary N) is 1. The number of carboxylic acid groups (broad SMARTS) is 1. The summed E-state index contributed by atoms with van der Waals surface area (Å²) in [6.45, 7) is 7.63. The SMILES string of the molecule is CC12CC3(C)CC(C)(C1)CC([C@H](NC(=O)c1ccc4ccccc4c1OCC1CCCCC1)C(=O)O)(C2)C3. The van der Waals surface area contributed by atoms with Crippen LogP contribution in [0.15, 0.2) is 36.4 Å². The van der Waals surface area contributed by atoms with Gasteiger partial charge in [-0.3, -0.25) is 4.79 Å². The predicted molar refractivity (Wildman–Crippen MR) is 149 cm³/mol. The van der Waals surface area contributed by atoms with Crippen LogP contribution in [0.4, 0.5) is 0 Å². The Bertz CT molecular complexity index is 1210. The Hall–Kier alpha value is -2.56. The Morgan fingerprint density at radius 1 is 0.895 bits per heavy atom. The zero-order valence-electron chi connectivity index (χ0n) is 23.3. The molecule has 0 heterocycles. The maximum Gasteiger partial charge on any atom is 0.326 e. The third-order valence-corrected chi connectivity index (χ3v) is 10.3. The van der Waals surface area contributed by atoms with Gasteiger partial charge in [-0.15, -0.1) is 0 Å². The third-order valence-electron chi connectivity index (χ3n) is 10.3. The Labute approximate surface area is 226 Å². The van der Waals surface area contributed by atoms with E-state index in [0.717, 1.165) is 62.1 Å². The number of carboxylic acids is 1. The van der Waals surface area contributed by atoms with Crippen LogP contribution in [-0.4, -0.2) is 29.6 Å². The molecule has 0 unspecified atom stereocenters. The molecule has 0 aromatic heterocycles. The van der Waals surface area contributed by atoms with Gasteiger partial charge in [-0.2, -0.15) is 0 Å². The number of ether oxygens (including phenoxy) is 1. The summed E-state index contributed by atoms with van der Waals surface area (Å²) in [5, 5.41) is 15.5. The minimum absolute atomic E-state index is 0.133. The summed E-state index contributed by atoms with van der Waals surface area (Å²) in [5.41, 5.74) is 0.420. The van der Waals surface area contributed by atoms with Gasteiger partial charge in [0.2, 0.25) is 0 Å². The van der Waals surface area contributed by atoms with Crippen molar-refractivity contribution < 1.29 is 19.4 Å². The second-order valence-corrected chi connectivity index (χ2v) is 14.6. The van der Waals surface area contributed by atoms with Crippen molar-refractivity contribution >= 4 is 22.6 Å². The molecule has 0 aliphatic heterocycles. The second kappa shape index (κ2) is 8.99. The number of carbonyl (C=O) groups excluding carboxylic acids is 1. The Morgan fingerprint density at radius 2 is 1.50 bits per heavy atom. The first-order valence-corrected chi connectivity index (χ1v) is 14.7. The summed E-state index contributed by atoms with van der Waals surface area (Å²) in [6, 6.07) is 10.8. The number of aliphatic carboxylic acids is 1. The molecule has 2 N–H and O–H groups in total. The second-order valence-electron chi connectivity index (χ2n) is 14.6. The first-order valence-electron chi connectivity index (χ1n) is 14.7. The minimum atomic E-state index is -0.915. The molecule has 7 rings (SSSR count). The quantitative estimate of drug-likeness (QED) is 0.402. The first-order chi connectivity index (χ1) is 18.0. The van der Waals surface area contributed by atoms with Crippen LogP contribution in [0.1, 0.15) is 102 Å². The van der Waals surface area contributed by atoms with Crippen molar-refractivity contribution in [3.8, 4) is 5.75 Å². The highest BCUT2D eigenvalue weighted by Gasteiger charge is 2.67. The monoisotopic (exact) mass is 517 g/mol. The summed E-state index contributed by atoms with van der Waals surface area (Å²) >= 11 is 0. The molecule has 5 saturated carbocycles. The average Bonchev–Trinajstić information content (AvgIpc) is 2.83. The van der Waals surface area contributed by atoms with E-state index in [2.05, 4.69) is 26.1 Å². The molecule has 1 atom stereocenters. The van der Waals surface area contributed by atoms with Gasteiger partial charge in [-0.25, -0.2) is 4.79 Å². The van der Waals surface area contributed by atoms with Gasteiger partial charge < -0.3 is 15.2 Å². The molecule has 5 aliphatic rings. The third kappa shape index (κ3) is 4.50. The number of carbonyl (C=O) groups is 2. The lowest BCUT2D eigenvalue weighted by Gasteiger charge is -2.70. The molecule has 4 bridgehead atoms. The first kappa shape index (κ1) is 25.7. The Kier molecular flexibility index (Phi) is 6.08. The molecular weight excluding hydrogens is 474 g/mol. The number of benzene rings is 2. The molecular formula is C33H43NO4. The summed E-state index contributed by atoms with van der Waals surface area (Å²) in [5.74, 6) is -0.161. The zero-order valence-corrected chi connectivity index (χ0v) is 23.3. The lowest BCUT2D eigenvalue weighted by Crippen LogP contribution is -2.66. The molecule has 2 aromatic carbocycles. The van der Waals surface area contributed by atoms with Gasteiger partial charge in [0.25, 0.3) is 5.91 Å². The van der Waals surface area contributed by atoms with Gasteiger partial charge in [-0.1, -0.05) is 70.4 Å². The smallest absolute Gasteiger partial charge is 0.326 e. The molecule has 38 heavy (non-hydrogen) atoms. The van der Waals surface area contributed by atoms with Crippen molar-refractivity contribution in [3.63, 3.8) is 0 Å². The number of hydrogen-bond donors (Lipinski definition) is 2. The summed E-state index contributed by atoms with van der Waals surface area (Å²) in [7, 11) is 0. The molecule has 0 spiro atoms. The molecule has 204 valence electrons. The highest BCUT2D eigenvalue weighted by atomic mass is 16.5. The highest BCUT2D eigenvalue weighted by Crippen LogP contribution is 2.74. The summed E-state index contributed by atoms with van der Waals surface area (Å²) < 4.78 is 6.44. The molecule has 5 fully saturated rings. The van der Waals surface area contributed by atoms with E-state index in [1.165, 1.54) is 19.3 Å². The summed E-state index contributed by atoms with van der Waals surface area (Å²) in [6.07, 6.45) is 12.1. The fourth-order valence-electron chi connectivity index (χ4n) is 10.5. The van der Waals surface area contributed by atoms with Crippen molar-refractivity contribution in [1.29, 1.82) is 0 Å². The molecule has 5 nitrogen and oxygen atoms in total. The number of rotatable bonds is 7. The van der Waals surface area contributed by atoms with Crippen LogP contribution in [0.2, 0.25) is 0 Å². The van der Waals surface area contributed by atoms with Crippen molar-refractivity contribution in [2.24, 2.45) is 27.6 Å². The molecule has 0 saturated heterocycles. The molecule has 2 aromatic rings. The normalized spacial score (nSPS) is 35.2. The lowest BCUT2D eigenvalue weighted by atomic mass is 9.35. The van der Waals surface area contributed by atoms with Crippen molar-refractivity contribution in [2.45, 2.75) is 97.4 Å². The fraction of sp³-hybridized carbons (Fsp3) is 0.636. The van der Waals surface area contributed by atoms with Crippen LogP contribution in [0.25, 0.3) is 10.8 Å². The van der Waals surface area contributed by atoms with E-state index in [1.54, 1.807) is 0 Å². The van der Waals surface area contributed by atoms with E-state index in [1.807, 2.05) is 36.4 Å². The highest BCUT2D eigenvalue weighted by molar-refractivity contribution is 6.05. The van der Waals surface area contributed by atoms with Gasteiger partial charge in [0, 0.05) is 10.8 Å². The summed E-state index contributed by atoms with van der Waals surface area (Å²) in [4.78, 5) is 26.8.